The van der Waals surface area contributed by atoms with Crippen LogP contribution in [0.15, 0.2) is 29.6 Å². The Morgan fingerprint density at radius 2 is 2.20 bits per heavy atom. The molecule has 3 nitrogen and oxygen atoms in total. The second kappa shape index (κ2) is 6.22. The van der Waals surface area contributed by atoms with Crippen molar-refractivity contribution < 1.29 is 4.74 Å². The van der Waals surface area contributed by atoms with Crippen molar-refractivity contribution in [2.24, 2.45) is 11.8 Å². The van der Waals surface area contributed by atoms with Crippen LogP contribution in [0.1, 0.15) is 25.3 Å². The van der Waals surface area contributed by atoms with Crippen LogP contribution in [0.5, 0.6) is 0 Å². The van der Waals surface area contributed by atoms with E-state index in [2.05, 4.69) is 42.0 Å². The Hall–Kier alpha value is -0.940. The molecule has 0 radical (unpaired) electrons. The van der Waals surface area contributed by atoms with Crippen LogP contribution in [-0.4, -0.2) is 18.8 Å². The lowest BCUT2D eigenvalue weighted by atomic mass is 9.98. The first-order valence-corrected chi connectivity index (χ1v) is 8.24. The standard InChI is InChI=1S/C16H22N2OS/c1-2-19-16(11-7-8-11)14(18-17)9-12-10-20-15-6-4-3-5-13(12)15/h3-6,10-11,14,16,18H,2,7-9,17H2,1H3. The highest BCUT2D eigenvalue weighted by Gasteiger charge is 2.37. The quantitative estimate of drug-likeness (QED) is 0.608. The van der Waals surface area contributed by atoms with E-state index in [1.54, 1.807) is 11.3 Å². The molecule has 1 aliphatic carbocycles. The molecule has 0 bridgehead atoms. The zero-order chi connectivity index (χ0) is 13.9. The second-order valence-electron chi connectivity index (χ2n) is 5.49. The lowest BCUT2D eigenvalue weighted by Gasteiger charge is -2.26. The molecule has 2 aromatic rings. The van der Waals surface area contributed by atoms with Gasteiger partial charge in [0.15, 0.2) is 0 Å². The molecule has 3 N–H and O–H groups in total. The highest BCUT2D eigenvalue weighted by Crippen LogP contribution is 2.37. The second-order valence-corrected chi connectivity index (χ2v) is 6.40. The molecule has 20 heavy (non-hydrogen) atoms. The van der Waals surface area contributed by atoms with Gasteiger partial charge in [0, 0.05) is 11.3 Å². The number of hydrogen-bond donors (Lipinski definition) is 2. The maximum absolute atomic E-state index is 5.94. The third-order valence-electron chi connectivity index (χ3n) is 4.06. The van der Waals surface area contributed by atoms with E-state index < -0.39 is 0 Å². The fourth-order valence-corrected chi connectivity index (χ4v) is 3.87. The highest BCUT2D eigenvalue weighted by atomic mass is 32.1. The number of rotatable bonds is 7. The molecule has 1 fully saturated rings. The van der Waals surface area contributed by atoms with E-state index in [0.29, 0.717) is 5.92 Å². The fraction of sp³-hybridized carbons (Fsp3) is 0.500. The van der Waals surface area contributed by atoms with Gasteiger partial charge in [0.05, 0.1) is 12.1 Å². The van der Waals surface area contributed by atoms with Crippen molar-refractivity contribution in [3.05, 3.63) is 35.2 Å². The van der Waals surface area contributed by atoms with E-state index >= 15 is 0 Å². The Morgan fingerprint density at radius 1 is 1.40 bits per heavy atom. The maximum Gasteiger partial charge on any atom is 0.0772 e. The topological polar surface area (TPSA) is 47.3 Å². The average molecular weight is 290 g/mol. The lowest BCUT2D eigenvalue weighted by molar-refractivity contribution is 0.0193. The molecule has 0 amide bonds. The van der Waals surface area contributed by atoms with E-state index in [9.17, 15) is 0 Å². The molecule has 4 heteroatoms. The maximum atomic E-state index is 5.94. The molecular formula is C16H22N2OS. The molecule has 0 spiro atoms. The van der Waals surface area contributed by atoms with Crippen molar-refractivity contribution in [2.45, 2.75) is 38.3 Å². The first-order chi connectivity index (χ1) is 9.83. The minimum Gasteiger partial charge on any atom is -0.377 e. The Bertz CT molecular complexity index is 564. The van der Waals surface area contributed by atoms with E-state index in [0.717, 1.165) is 13.0 Å². The van der Waals surface area contributed by atoms with Crippen molar-refractivity contribution in [3.63, 3.8) is 0 Å². The van der Waals surface area contributed by atoms with Crippen LogP contribution < -0.4 is 11.3 Å². The summed E-state index contributed by atoms with van der Waals surface area (Å²) in [4.78, 5) is 0. The number of hydrogen-bond acceptors (Lipinski definition) is 4. The minimum absolute atomic E-state index is 0.195. The first kappa shape index (κ1) is 14.0. The zero-order valence-corrected chi connectivity index (χ0v) is 12.7. The predicted molar refractivity (Wildman–Crippen MR) is 84.8 cm³/mol. The van der Waals surface area contributed by atoms with Crippen LogP contribution >= 0.6 is 11.3 Å². The summed E-state index contributed by atoms with van der Waals surface area (Å²) in [7, 11) is 0. The minimum atomic E-state index is 0.195. The molecule has 1 saturated carbocycles. The molecule has 1 aromatic heterocycles. The summed E-state index contributed by atoms with van der Waals surface area (Å²) in [6, 6.07) is 8.76. The number of fused-ring (bicyclic) bond motifs is 1. The zero-order valence-electron chi connectivity index (χ0n) is 11.8. The van der Waals surface area contributed by atoms with Crippen molar-refractivity contribution in [3.8, 4) is 0 Å². The van der Waals surface area contributed by atoms with E-state index in [1.165, 1.54) is 28.5 Å². The molecule has 0 saturated heterocycles. The number of nitrogens with two attached hydrogens (primary N) is 1. The predicted octanol–water partition coefficient (Wildman–Crippen LogP) is 3.09. The molecule has 2 unspecified atom stereocenters. The summed E-state index contributed by atoms with van der Waals surface area (Å²) in [6.45, 7) is 2.81. The third-order valence-corrected chi connectivity index (χ3v) is 5.07. The molecule has 1 heterocycles. The normalized spacial score (nSPS) is 18.3. The van der Waals surface area contributed by atoms with E-state index in [4.69, 9.17) is 10.6 Å². The summed E-state index contributed by atoms with van der Waals surface area (Å²) in [6.07, 6.45) is 3.71. The number of hydrazine groups is 1. The SMILES string of the molecule is CCOC(C1CC1)C(Cc1csc2ccccc12)NN. The molecule has 108 valence electrons. The van der Waals surface area contributed by atoms with Crippen LogP contribution in [0.4, 0.5) is 0 Å². The Kier molecular flexibility index (Phi) is 4.36. The Labute approximate surface area is 124 Å². The largest absolute Gasteiger partial charge is 0.377 e. The van der Waals surface area contributed by atoms with Gasteiger partial charge < -0.3 is 4.74 Å². The van der Waals surface area contributed by atoms with Crippen LogP contribution in [0.3, 0.4) is 0 Å². The third kappa shape index (κ3) is 2.88. The fourth-order valence-electron chi connectivity index (χ4n) is 2.90. The van der Waals surface area contributed by atoms with E-state index in [-0.39, 0.29) is 12.1 Å². The van der Waals surface area contributed by atoms with Gasteiger partial charge in [-0.2, -0.15) is 0 Å². The summed E-state index contributed by atoms with van der Waals surface area (Å²) in [5.74, 6) is 6.48. The van der Waals surface area contributed by atoms with Crippen LogP contribution in [0.25, 0.3) is 10.1 Å². The summed E-state index contributed by atoms with van der Waals surface area (Å²) in [5, 5.41) is 3.61. The Balaban J connectivity index is 1.79. The smallest absolute Gasteiger partial charge is 0.0772 e. The van der Waals surface area contributed by atoms with Gasteiger partial charge in [0.1, 0.15) is 0 Å². The molecule has 2 atom stereocenters. The molecule has 0 aliphatic heterocycles. The van der Waals surface area contributed by atoms with Crippen LogP contribution in [0, 0.1) is 5.92 Å². The van der Waals surface area contributed by atoms with Gasteiger partial charge in [0.25, 0.3) is 0 Å². The Morgan fingerprint density at radius 3 is 2.90 bits per heavy atom. The van der Waals surface area contributed by atoms with Crippen molar-refractivity contribution in [1.29, 1.82) is 0 Å². The highest BCUT2D eigenvalue weighted by molar-refractivity contribution is 7.17. The van der Waals surface area contributed by atoms with Gasteiger partial charge in [-0.15, -0.1) is 11.3 Å². The number of ether oxygens (including phenoxy) is 1. The van der Waals surface area contributed by atoms with Crippen LogP contribution in [0.2, 0.25) is 0 Å². The van der Waals surface area contributed by atoms with Gasteiger partial charge in [-0.25, -0.2) is 0 Å². The number of benzene rings is 1. The van der Waals surface area contributed by atoms with Crippen LogP contribution in [-0.2, 0) is 11.2 Å². The van der Waals surface area contributed by atoms with Gasteiger partial charge in [-0.1, -0.05) is 18.2 Å². The van der Waals surface area contributed by atoms with Gasteiger partial charge in [-0.05, 0) is 54.5 Å². The number of thiophene rings is 1. The number of nitrogens with one attached hydrogen (secondary N) is 1. The summed E-state index contributed by atoms with van der Waals surface area (Å²) < 4.78 is 7.29. The van der Waals surface area contributed by atoms with Crippen molar-refractivity contribution in [1.82, 2.24) is 5.43 Å². The molecule has 1 aromatic carbocycles. The van der Waals surface area contributed by atoms with E-state index in [1.807, 2.05) is 0 Å². The average Bonchev–Trinajstić information content (AvgIpc) is 3.24. The monoisotopic (exact) mass is 290 g/mol. The summed E-state index contributed by atoms with van der Waals surface area (Å²) >= 11 is 1.81. The van der Waals surface area contributed by atoms with Crippen molar-refractivity contribution >= 4 is 21.4 Å². The van der Waals surface area contributed by atoms with Crippen molar-refractivity contribution in [2.75, 3.05) is 6.61 Å². The summed E-state index contributed by atoms with van der Waals surface area (Å²) in [5.41, 5.74) is 4.36. The molecule has 1 aliphatic rings. The first-order valence-electron chi connectivity index (χ1n) is 7.36. The lowest BCUT2D eigenvalue weighted by Crippen LogP contribution is -2.47. The molecule has 3 rings (SSSR count). The van der Waals surface area contributed by atoms with Gasteiger partial charge in [-0.3, -0.25) is 11.3 Å². The van der Waals surface area contributed by atoms with Gasteiger partial charge >= 0.3 is 0 Å². The molecular weight excluding hydrogens is 268 g/mol. The van der Waals surface area contributed by atoms with Gasteiger partial charge in [0.2, 0.25) is 0 Å².